The zero-order valence-electron chi connectivity index (χ0n) is 13.5. The maximum atomic E-state index is 12.8. The Kier molecular flexibility index (Phi) is 4.59. The van der Waals surface area contributed by atoms with Crippen molar-refractivity contribution in [2.24, 2.45) is 0 Å². The fraction of sp³-hybridized carbons (Fsp3) is 0. The number of nitrogens with one attached hydrogen (secondary N) is 1. The van der Waals surface area contributed by atoms with Crippen molar-refractivity contribution in [3.63, 3.8) is 0 Å². The summed E-state index contributed by atoms with van der Waals surface area (Å²) < 4.78 is 28.1. The molecule has 3 aromatic rings. The van der Waals surface area contributed by atoms with Crippen LogP contribution in [0.3, 0.4) is 0 Å². The summed E-state index contributed by atoms with van der Waals surface area (Å²) >= 11 is 0. The number of hydrogen-bond acceptors (Lipinski definition) is 5. The summed E-state index contributed by atoms with van der Waals surface area (Å²) in [6.45, 7) is 0. The van der Waals surface area contributed by atoms with Gasteiger partial charge >= 0.3 is 0 Å². The van der Waals surface area contributed by atoms with Gasteiger partial charge < -0.3 is 5.73 Å². The SMILES string of the molecule is Nc1ccc(NS(=O)(=O)c2ccccc2-c2ccccc2)cc1[N+](=O)[O-]. The van der Waals surface area contributed by atoms with Crippen LogP contribution in [-0.2, 0) is 10.0 Å². The van der Waals surface area contributed by atoms with Crippen molar-refractivity contribution in [1.29, 1.82) is 0 Å². The molecule has 0 spiro atoms. The summed E-state index contributed by atoms with van der Waals surface area (Å²) in [5.74, 6) is 0. The topological polar surface area (TPSA) is 115 Å². The quantitative estimate of drug-likeness (QED) is 0.405. The van der Waals surface area contributed by atoms with Gasteiger partial charge in [0.05, 0.1) is 15.5 Å². The van der Waals surface area contributed by atoms with Crippen LogP contribution in [0.2, 0.25) is 0 Å². The van der Waals surface area contributed by atoms with E-state index in [-0.39, 0.29) is 22.0 Å². The lowest BCUT2D eigenvalue weighted by Crippen LogP contribution is -2.14. The van der Waals surface area contributed by atoms with Crippen LogP contribution in [0, 0.1) is 10.1 Å². The highest BCUT2D eigenvalue weighted by Gasteiger charge is 2.21. The largest absolute Gasteiger partial charge is 0.393 e. The molecule has 0 aliphatic rings. The number of nitro groups is 1. The molecule has 3 aromatic carbocycles. The summed E-state index contributed by atoms with van der Waals surface area (Å²) in [5, 5.41) is 11.0. The van der Waals surface area contributed by atoms with E-state index in [1.54, 1.807) is 18.2 Å². The van der Waals surface area contributed by atoms with Crippen molar-refractivity contribution >= 4 is 27.1 Å². The van der Waals surface area contributed by atoms with Crippen molar-refractivity contribution in [3.05, 3.63) is 82.9 Å². The molecule has 0 aromatic heterocycles. The lowest BCUT2D eigenvalue weighted by atomic mass is 10.1. The van der Waals surface area contributed by atoms with Gasteiger partial charge in [0.1, 0.15) is 5.69 Å². The smallest absolute Gasteiger partial charge is 0.294 e. The van der Waals surface area contributed by atoms with Gasteiger partial charge in [-0.05, 0) is 23.8 Å². The first kappa shape index (κ1) is 17.4. The van der Waals surface area contributed by atoms with E-state index in [1.807, 2.05) is 30.3 Å². The molecule has 0 amide bonds. The van der Waals surface area contributed by atoms with E-state index in [1.165, 1.54) is 18.2 Å². The van der Waals surface area contributed by atoms with Crippen molar-refractivity contribution in [1.82, 2.24) is 0 Å². The molecule has 0 atom stereocenters. The minimum atomic E-state index is -3.96. The molecule has 7 nitrogen and oxygen atoms in total. The normalized spacial score (nSPS) is 11.1. The molecule has 0 unspecified atom stereocenters. The van der Waals surface area contributed by atoms with E-state index < -0.39 is 14.9 Å². The monoisotopic (exact) mass is 369 g/mol. The Hall–Kier alpha value is -3.39. The van der Waals surface area contributed by atoms with Gasteiger partial charge in [0.15, 0.2) is 0 Å². The van der Waals surface area contributed by atoms with E-state index >= 15 is 0 Å². The van der Waals surface area contributed by atoms with Crippen LogP contribution in [0.1, 0.15) is 0 Å². The van der Waals surface area contributed by atoms with E-state index in [4.69, 9.17) is 5.73 Å². The van der Waals surface area contributed by atoms with Crippen LogP contribution in [0.4, 0.5) is 17.1 Å². The molecule has 0 bridgehead atoms. The number of anilines is 2. The standard InChI is InChI=1S/C18H15N3O4S/c19-16-11-10-14(12-17(16)21(22)23)20-26(24,25)18-9-5-4-8-15(18)13-6-2-1-3-7-13/h1-12,20H,19H2. The van der Waals surface area contributed by atoms with Gasteiger partial charge in [-0.1, -0.05) is 48.5 Å². The third kappa shape index (κ3) is 3.50. The van der Waals surface area contributed by atoms with Crippen molar-refractivity contribution in [3.8, 4) is 11.1 Å². The fourth-order valence-electron chi connectivity index (χ4n) is 2.53. The predicted molar refractivity (Wildman–Crippen MR) is 100 cm³/mol. The van der Waals surface area contributed by atoms with Gasteiger partial charge in [0.2, 0.25) is 0 Å². The maximum absolute atomic E-state index is 12.8. The number of nitrogens with two attached hydrogens (primary N) is 1. The Morgan fingerprint density at radius 2 is 1.58 bits per heavy atom. The van der Waals surface area contributed by atoms with Gasteiger partial charge in [-0.15, -0.1) is 0 Å². The molecule has 8 heteroatoms. The molecule has 132 valence electrons. The third-order valence-electron chi connectivity index (χ3n) is 3.74. The lowest BCUT2D eigenvalue weighted by molar-refractivity contribution is -0.383. The first-order chi connectivity index (χ1) is 12.4. The van der Waals surface area contributed by atoms with E-state index in [0.717, 1.165) is 11.6 Å². The Balaban J connectivity index is 2.03. The summed E-state index contributed by atoms with van der Waals surface area (Å²) in [6.07, 6.45) is 0. The van der Waals surface area contributed by atoms with Crippen LogP contribution in [0.5, 0.6) is 0 Å². The second-order valence-electron chi connectivity index (χ2n) is 5.50. The van der Waals surface area contributed by atoms with Gasteiger partial charge in [-0.25, -0.2) is 8.42 Å². The fourth-order valence-corrected chi connectivity index (χ4v) is 3.81. The van der Waals surface area contributed by atoms with Crippen LogP contribution in [0.15, 0.2) is 77.7 Å². The van der Waals surface area contributed by atoms with Gasteiger partial charge in [-0.2, -0.15) is 0 Å². The van der Waals surface area contributed by atoms with Crippen molar-refractivity contribution < 1.29 is 13.3 Å². The summed E-state index contributed by atoms with van der Waals surface area (Å²) in [6, 6.07) is 19.4. The highest BCUT2D eigenvalue weighted by atomic mass is 32.2. The Morgan fingerprint density at radius 1 is 0.923 bits per heavy atom. The molecule has 0 saturated carbocycles. The molecule has 0 aliphatic heterocycles. The van der Waals surface area contributed by atoms with Crippen LogP contribution >= 0.6 is 0 Å². The molecule has 0 heterocycles. The summed E-state index contributed by atoms with van der Waals surface area (Å²) in [5.41, 5.74) is 6.49. The Morgan fingerprint density at radius 3 is 2.27 bits per heavy atom. The number of benzene rings is 3. The molecule has 0 fully saturated rings. The van der Waals surface area contributed by atoms with E-state index in [9.17, 15) is 18.5 Å². The maximum Gasteiger partial charge on any atom is 0.294 e. The molecular weight excluding hydrogens is 354 g/mol. The van der Waals surface area contributed by atoms with Crippen molar-refractivity contribution in [2.75, 3.05) is 10.5 Å². The van der Waals surface area contributed by atoms with Gasteiger partial charge in [0.25, 0.3) is 15.7 Å². The second-order valence-corrected chi connectivity index (χ2v) is 7.15. The van der Waals surface area contributed by atoms with Crippen LogP contribution < -0.4 is 10.5 Å². The summed E-state index contributed by atoms with van der Waals surface area (Å²) in [7, 11) is -3.96. The number of nitro benzene ring substituents is 1. The van der Waals surface area contributed by atoms with Crippen LogP contribution in [0.25, 0.3) is 11.1 Å². The second kappa shape index (κ2) is 6.85. The molecule has 26 heavy (non-hydrogen) atoms. The zero-order valence-corrected chi connectivity index (χ0v) is 14.3. The van der Waals surface area contributed by atoms with E-state index in [2.05, 4.69) is 4.72 Å². The van der Waals surface area contributed by atoms with Gasteiger partial charge in [-0.3, -0.25) is 14.8 Å². The number of hydrogen-bond donors (Lipinski definition) is 2. The number of nitrogens with zero attached hydrogens (tertiary/aromatic N) is 1. The zero-order chi connectivity index (χ0) is 18.7. The molecule has 0 aliphatic carbocycles. The molecule has 3 N–H and O–H groups in total. The number of nitrogen functional groups attached to an aromatic ring is 1. The first-order valence-corrected chi connectivity index (χ1v) is 9.08. The molecule has 0 saturated heterocycles. The number of rotatable bonds is 5. The minimum absolute atomic E-state index is 0.0392. The van der Waals surface area contributed by atoms with E-state index in [0.29, 0.717) is 5.56 Å². The highest BCUT2D eigenvalue weighted by Crippen LogP contribution is 2.30. The predicted octanol–water partition coefficient (Wildman–Crippen LogP) is 3.64. The third-order valence-corrected chi connectivity index (χ3v) is 5.18. The van der Waals surface area contributed by atoms with Gasteiger partial charge in [0, 0.05) is 11.6 Å². The minimum Gasteiger partial charge on any atom is -0.393 e. The molecular formula is C18H15N3O4S. The average Bonchev–Trinajstić information content (AvgIpc) is 2.63. The Bertz CT molecular complexity index is 1070. The first-order valence-electron chi connectivity index (χ1n) is 7.60. The highest BCUT2D eigenvalue weighted by molar-refractivity contribution is 7.92. The number of sulfonamides is 1. The van der Waals surface area contributed by atoms with Crippen molar-refractivity contribution in [2.45, 2.75) is 4.90 Å². The molecule has 3 rings (SSSR count). The van der Waals surface area contributed by atoms with Crippen LogP contribution in [-0.4, -0.2) is 13.3 Å². The lowest BCUT2D eigenvalue weighted by Gasteiger charge is -2.13. The Labute approximate surface area is 150 Å². The average molecular weight is 369 g/mol. The summed E-state index contributed by atoms with van der Waals surface area (Å²) in [4.78, 5) is 10.4. The molecule has 0 radical (unpaired) electrons.